The van der Waals surface area contributed by atoms with E-state index in [9.17, 15) is 14.4 Å². The average molecular weight is 562 g/mol. The van der Waals surface area contributed by atoms with Crippen molar-refractivity contribution in [2.45, 2.75) is 71.6 Å². The summed E-state index contributed by atoms with van der Waals surface area (Å²) in [6.45, 7) is 3.83. The average Bonchev–Trinajstić information content (AvgIpc) is 3.43. The summed E-state index contributed by atoms with van der Waals surface area (Å²) in [6.07, 6.45) is 10.9. The minimum Gasteiger partial charge on any atom is -0.496 e. The number of methoxy groups -OCH3 is 1. The van der Waals surface area contributed by atoms with Crippen molar-refractivity contribution in [2.75, 3.05) is 19.0 Å². The van der Waals surface area contributed by atoms with Gasteiger partial charge in [0, 0.05) is 26.1 Å². The first-order valence-electron chi connectivity index (χ1n) is 12.3. The third-order valence-corrected chi connectivity index (χ3v) is 7.28. The van der Waals surface area contributed by atoms with Crippen molar-refractivity contribution in [1.29, 1.82) is 0 Å². The smallest absolute Gasteiger partial charge is 0.332 e. The zero-order chi connectivity index (χ0) is 25.8. The number of aromatic nitrogens is 4. The van der Waals surface area contributed by atoms with Gasteiger partial charge >= 0.3 is 11.7 Å². The molecule has 2 aliphatic rings. The van der Waals surface area contributed by atoms with Crippen LogP contribution in [0.3, 0.4) is 0 Å². The van der Waals surface area contributed by atoms with Crippen LogP contribution in [0.4, 0.5) is 5.95 Å². The molecule has 2 aromatic rings. The van der Waals surface area contributed by atoms with E-state index >= 15 is 0 Å². The number of hydrogen-bond donors (Lipinski definition) is 1. The van der Waals surface area contributed by atoms with Gasteiger partial charge in [0.25, 0.3) is 5.56 Å². The van der Waals surface area contributed by atoms with Gasteiger partial charge in [-0.2, -0.15) is 4.98 Å². The van der Waals surface area contributed by atoms with E-state index in [4.69, 9.17) is 14.5 Å². The normalized spacial score (nSPS) is 16.4. The Hall–Kier alpha value is -3.08. The van der Waals surface area contributed by atoms with Gasteiger partial charge in [-0.1, -0.05) is 25.0 Å². The maximum atomic E-state index is 13.6. The Bertz CT molecular complexity index is 1360. The van der Waals surface area contributed by atoms with E-state index in [1.165, 1.54) is 16.1 Å². The third-order valence-electron chi connectivity index (χ3n) is 6.57. The van der Waals surface area contributed by atoms with E-state index in [-0.39, 0.29) is 31.3 Å². The highest BCUT2D eigenvalue weighted by atomic mass is 79.9. The minimum atomic E-state index is -0.465. The van der Waals surface area contributed by atoms with Gasteiger partial charge in [0.05, 0.1) is 18.1 Å². The minimum absolute atomic E-state index is 0.0130. The molecule has 0 saturated heterocycles. The van der Waals surface area contributed by atoms with Crippen molar-refractivity contribution in [1.82, 2.24) is 18.7 Å². The van der Waals surface area contributed by atoms with Crippen LogP contribution in [0.15, 0.2) is 43.6 Å². The van der Waals surface area contributed by atoms with Gasteiger partial charge in [0.1, 0.15) is 12.4 Å². The molecule has 0 unspecified atom stereocenters. The monoisotopic (exact) mass is 561 g/mol. The summed E-state index contributed by atoms with van der Waals surface area (Å²) in [5.41, 5.74) is 0.845. The van der Waals surface area contributed by atoms with Crippen LogP contribution in [-0.4, -0.2) is 44.4 Å². The van der Waals surface area contributed by atoms with Gasteiger partial charge in [-0.05, 0) is 53.8 Å². The Labute approximate surface area is 217 Å². The molecule has 0 aliphatic heterocycles. The quantitative estimate of drug-likeness (QED) is 0.467. The number of imidazole rings is 1. The molecule has 36 heavy (non-hydrogen) atoms. The lowest BCUT2D eigenvalue weighted by atomic mass is 10.2. The molecule has 4 rings (SSSR count). The Morgan fingerprint density at radius 3 is 2.61 bits per heavy atom. The highest BCUT2D eigenvalue weighted by Crippen LogP contribution is 2.28. The van der Waals surface area contributed by atoms with Gasteiger partial charge in [-0.3, -0.25) is 18.7 Å². The van der Waals surface area contributed by atoms with Crippen LogP contribution in [0.2, 0.25) is 0 Å². The van der Waals surface area contributed by atoms with Crippen molar-refractivity contribution in [2.24, 2.45) is 0 Å². The molecule has 2 aromatic heterocycles. The van der Waals surface area contributed by atoms with Crippen LogP contribution in [0.25, 0.3) is 11.2 Å². The summed E-state index contributed by atoms with van der Waals surface area (Å²) in [7, 11) is 1.62. The Balaban J connectivity index is 1.86. The maximum absolute atomic E-state index is 13.6. The number of esters is 1. The van der Waals surface area contributed by atoms with Gasteiger partial charge in [-0.15, -0.1) is 0 Å². The van der Waals surface area contributed by atoms with Crippen LogP contribution in [0, 0.1) is 0 Å². The van der Waals surface area contributed by atoms with Gasteiger partial charge in [0.2, 0.25) is 5.95 Å². The number of carbonyl (C=O) groups is 1. The Morgan fingerprint density at radius 2 is 1.94 bits per heavy atom. The maximum Gasteiger partial charge on any atom is 0.332 e. The Kier molecular flexibility index (Phi) is 8.17. The van der Waals surface area contributed by atoms with Crippen LogP contribution in [-0.2, 0) is 33.9 Å². The summed E-state index contributed by atoms with van der Waals surface area (Å²) in [6, 6.07) is 0.257. The molecule has 1 N–H and O–H groups in total. The summed E-state index contributed by atoms with van der Waals surface area (Å²) in [5.74, 6) is 0.852. The zero-order valence-electron chi connectivity index (χ0n) is 20.9. The van der Waals surface area contributed by atoms with Crippen molar-refractivity contribution in [3.63, 3.8) is 0 Å². The first kappa shape index (κ1) is 26.0. The van der Waals surface area contributed by atoms with Crippen LogP contribution in [0.1, 0.15) is 46.0 Å². The first-order valence-corrected chi connectivity index (χ1v) is 13.1. The second-order valence-electron chi connectivity index (χ2n) is 8.96. The molecule has 0 atom stereocenters. The second kappa shape index (κ2) is 11.3. The molecule has 0 radical (unpaired) electrons. The predicted molar refractivity (Wildman–Crippen MR) is 141 cm³/mol. The topological polar surface area (TPSA) is 109 Å². The van der Waals surface area contributed by atoms with E-state index in [0.29, 0.717) is 30.1 Å². The number of nitrogens with one attached hydrogen (secondary N) is 1. The van der Waals surface area contributed by atoms with Crippen molar-refractivity contribution in [3.05, 3.63) is 54.9 Å². The van der Waals surface area contributed by atoms with E-state index in [0.717, 1.165) is 41.5 Å². The summed E-state index contributed by atoms with van der Waals surface area (Å²) >= 11 is 3.54. The van der Waals surface area contributed by atoms with E-state index < -0.39 is 11.7 Å². The molecule has 0 amide bonds. The molecule has 2 aliphatic carbocycles. The van der Waals surface area contributed by atoms with Gasteiger partial charge in [-0.25, -0.2) is 4.79 Å². The highest BCUT2D eigenvalue weighted by Gasteiger charge is 2.24. The summed E-state index contributed by atoms with van der Waals surface area (Å²) in [5, 5.41) is 3.53. The molecule has 0 aromatic carbocycles. The lowest BCUT2D eigenvalue weighted by Gasteiger charge is -2.16. The van der Waals surface area contributed by atoms with Crippen molar-refractivity contribution < 1.29 is 14.3 Å². The number of ether oxygens (including phenoxy) is 2. The molecule has 0 spiro atoms. The molecule has 1 fully saturated rings. The Morgan fingerprint density at radius 1 is 1.19 bits per heavy atom. The van der Waals surface area contributed by atoms with Crippen LogP contribution < -0.4 is 16.6 Å². The fourth-order valence-electron chi connectivity index (χ4n) is 4.72. The SMILES string of the molecule is CCn1c(=O)c2c(nc(NC3CCCC3)n2CC2=CC=C(OC)C(Br)=CC2)n(CCOC(C)=O)c1=O. The molecule has 1 saturated carbocycles. The van der Waals surface area contributed by atoms with E-state index in [1.807, 2.05) is 22.8 Å². The molecule has 2 heterocycles. The third kappa shape index (κ3) is 5.35. The fourth-order valence-corrected chi connectivity index (χ4v) is 5.17. The number of halogens is 1. The predicted octanol–water partition coefficient (Wildman–Crippen LogP) is 3.44. The van der Waals surface area contributed by atoms with Crippen LogP contribution >= 0.6 is 15.9 Å². The molecule has 10 nitrogen and oxygen atoms in total. The van der Waals surface area contributed by atoms with Crippen molar-refractivity contribution in [3.8, 4) is 0 Å². The molecular weight excluding hydrogens is 530 g/mol. The van der Waals surface area contributed by atoms with E-state index in [2.05, 4.69) is 21.2 Å². The molecule has 194 valence electrons. The molecular formula is C25H32BrN5O5. The van der Waals surface area contributed by atoms with Crippen molar-refractivity contribution >= 4 is 39.0 Å². The highest BCUT2D eigenvalue weighted by molar-refractivity contribution is 9.11. The van der Waals surface area contributed by atoms with Gasteiger partial charge < -0.3 is 19.4 Å². The van der Waals surface area contributed by atoms with Gasteiger partial charge in [0.15, 0.2) is 11.2 Å². The standard InChI is InChI=1S/C25H32BrN5O5/c1-4-29-23(33)21-22(30(25(29)34)13-14-36-16(2)32)28-24(27-18-7-5-6-8-18)31(21)15-17-9-11-19(26)20(35-3)12-10-17/h10-12,18H,4-9,13-15H2,1-3H3,(H,27,28). The number of anilines is 1. The summed E-state index contributed by atoms with van der Waals surface area (Å²) in [4.78, 5) is 42.8. The number of hydrogen-bond acceptors (Lipinski definition) is 7. The van der Waals surface area contributed by atoms with E-state index in [1.54, 1.807) is 14.0 Å². The van der Waals surface area contributed by atoms with Crippen LogP contribution in [0.5, 0.6) is 0 Å². The summed E-state index contributed by atoms with van der Waals surface area (Å²) < 4.78 is 15.9. The largest absolute Gasteiger partial charge is 0.496 e. The zero-order valence-corrected chi connectivity index (χ0v) is 22.5. The lowest BCUT2D eigenvalue weighted by molar-refractivity contribution is -0.141. The first-order chi connectivity index (χ1) is 17.3. The fraction of sp³-hybridized carbons (Fsp3) is 0.520. The number of carbonyl (C=O) groups excluding carboxylic acids is 1. The second-order valence-corrected chi connectivity index (χ2v) is 9.81. The molecule has 0 bridgehead atoms. The number of rotatable bonds is 9. The lowest BCUT2D eigenvalue weighted by Crippen LogP contribution is -2.41. The molecule has 11 heteroatoms. The number of fused-ring (bicyclic) bond motifs is 1. The number of allylic oxidation sites excluding steroid dienone is 5. The number of nitrogens with zero attached hydrogens (tertiary/aromatic N) is 4.